The van der Waals surface area contributed by atoms with Crippen LogP contribution in [0.25, 0.3) is 0 Å². The highest BCUT2D eigenvalue weighted by Gasteiger charge is 2.41. The van der Waals surface area contributed by atoms with Crippen molar-refractivity contribution < 1.29 is 9.47 Å². The minimum atomic E-state index is 0.293. The fourth-order valence-corrected chi connectivity index (χ4v) is 3.83. The van der Waals surface area contributed by atoms with E-state index in [2.05, 4.69) is 51.3 Å². The van der Waals surface area contributed by atoms with Gasteiger partial charge in [0.1, 0.15) is 0 Å². The second-order valence-corrected chi connectivity index (χ2v) is 6.27. The molecule has 0 saturated carbocycles. The maximum absolute atomic E-state index is 6.02. The normalized spacial score (nSPS) is 34.2. The van der Waals surface area contributed by atoms with Crippen LogP contribution >= 0.6 is 0 Å². The maximum atomic E-state index is 6.02. The molecule has 1 aromatic carbocycles. The number of hydrogen-bond donors (Lipinski definition) is 1. The molecule has 5 unspecified atom stereocenters. The van der Waals surface area contributed by atoms with Crippen LogP contribution in [-0.4, -0.2) is 19.3 Å². The fourth-order valence-electron chi connectivity index (χ4n) is 3.83. The van der Waals surface area contributed by atoms with Crippen molar-refractivity contribution in [2.45, 2.75) is 52.2 Å². The summed E-state index contributed by atoms with van der Waals surface area (Å²) in [6, 6.07) is 7.12. The van der Waals surface area contributed by atoms with Crippen LogP contribution in [0, 0.1) is 11.8 Å². The van der Waals surface area contributed by atoms with E-state index in [0.29, 0.717) is 30.1 Å². The van der Waals surface area contributed by atoms with E-state index in [1.807, 2.05) is 0 Å². The average Bonchev–Trinajstić information content (AvgIpc) is 2.99. The van der Waals surface area contributed by atoms with E-state index in [9.17, 15) is 0 Å². The molecule has 0 aliphatic carbocycles. The smallest absolute Gasteiger partial charge is 0.0725 e. The third-order valence-electron chi connectivity index (χ3n) is 5.12. The molecule has 3 nitrogen and oxygen atoms in total. The number of ether oxygens (including phenoxy) is 2. The lowest BCUT2D eigenvalue weighted by molar-refractivity contribution is 0.0478. The van der Waals surface area contributed by atoms with Gasteiger partial charge in [0.25, 0.3) is 0 Å². The van der Waals surface area contributed by atoms with Crippen molar-refractivity contribution in [3.8, 4) is 0 Å². The summed E-state index contributed by atoms with van der Waals surface area (Å²) in [6.45, 7) is 8.20. The summed E-state index contributed by atoms with van der Waals surface area (Å²) in [5.41, 5.74) is 4.04. The Bertz CT molecular complexity index is 488. The lowest BCUT2D eigenvalue weighted by Gasteiger charge is -2.29. The molecule has 0 spiro atoms. The van der Waals surface area contributed by atoms with Gasteiger partial charge in [0.05, 0.1) is 25.4 Å². The van der Waals surface area contributed by atoms with Crippen LogP contribution in [-0.2, 0) is 22.7 Å². The van der Waals surface area contributed by atoms with Crippen LogP contribution in [0.2, 0.25) is 0 Å². The highest BCUT2D eigenvalue weighted by Crippen LogP contribution is 2.41. The van der Waals surface area contributed by atoms with E-state index >= 15 is 0 Å². The van der Waals surface area contributed by atoms with Gasteiger partial charge in [-0.05, 0) is 43.5 Å². The Kier molecular flexibility index (Phi) is 3.85. The van der Waals surface area contributed by atoms with E-state index in [-0.39, 0.29) is 0 Å². The van der Waals surface area contributed by atoms with Gasteiger partial charge in [0, 0.05) is 12.0 Å². The van der Waals surface area contributed by atoms with Gasteiger partial charge in [-0.15, -0.1) is 0 Å². The van der Waals surface area contributed by atoms with Crippen LogP contribution < -0.4 is 5.32 Å². The van der Waals surface area contributed by atoms with Crippen LogP contribution in [0.3, 0.4) is 0 Å². The van der Waals surface area contributed by atoms with Gasteiger partial charge in [-0.25, -0.2) is 0 Å². The number of rotatable bonds is 3. The molecule has 3 heteroatoms. The van der Waals surface area contributed by atoms with Gasteiger partial charge in [-0.3, -0.25) is 0 Å². The zero-order valence-electron chi connectivity index (χ0n) is 12.8. The van der Waals surface area contributed by atoms with Gasteiger partial charge >= 0.3 is 0 Å². The van der Waals surface area contributed by atoms with Crippen molar-refractivity contribution in [3.63, 3.8) is 0 Å². The monoisotopic (exact) mass is 275 g/mol. The molecule has 0 bridgehead atoms. The molecule has 5 atom stereocenters. The molecule has 2 aliphatic rings. The van der Waals surface area contributed by atoms with Crippen molar-refractivity contribution in [2.24, 2.45) is 11.8 Å². The summed E-state index contributed by atoms with van der Waals surface area (Å²) in [5, 5.41) is 3.51. The lowest BCUT2D eigenvalue weighted by Crippen LogP contribution is -2.33. The molecular weight excluding hydrogens is 250 g/mol. The number of fused-ring (bicyclic) bond motifs is 1. The quantitative estimate of drug-likeness (QED) is 0.919. The minimum absolute atomic E-state index is 0.293. The Morgan fingerprint density at radius 3 is 2.50 bits per heavy atom. The van der Waals surface area contributed by atoms with Crippen LogP contribution in [0.5, 0.6) is 0 Å². The molecule has 1 saturated heterocycles. The van der Waals surface area contributed by atoms with E-state index < -0.39 is 0 Å². The molecule has 1 aromatic rings. The Hall–Kier alpha value is -0.900. The minimum Gasteiger partial charge on any atom is -0.375 e. The molecular formula is C17H25NO2. The van der Waals surface area contributed by atoms with Crippen LogP contribution in [0.1, 0.15) is 43.5 Å². The molecule has 20 heavy (non-hydrogen) atoms. The number of benzene rings is 1. The second kappa shape index (κ2) is 5.47. The molecule has 0 radical (unpaired) electrons. The zero-order valence-corrected chi connectivity index (χ0v) is 12.8. The third-order valence-corrected chi connectivity index (χ3v) is 5.12. The summed E-state index contributed by atoms with van der Waals surface area (Å²) in [5.74, 6) is 1.07. The average molecular weight is 275 g/mol. The molecule has 2 heterocycles. The maximum Gasteiger partial charge on any atom is 0.0725 e. The van der Waals surface area contributed by atoms with Crippen molar-refractivity contribution >= 4 is 0 Å². The van der Waals surface area contributed by atoms with Crippen LogP contribution in [0.15, 0.2) is 18.2 Å². The number of hydrogen-bond acceptors (Lipinski definition) is 3. The van der Waals surface area contributed by atoms with Crippen LogP contribution in [0.4, 0.5) is 0 Å². The molecule has 1 N–H and O–H groups in total. The first-order valence-electron chi connectivity index (χ1n) is 7.64. The molecule has 1 fully saturated rings. The summed E-state index contributed by atoms with van der Waals surface area (Å²) >= 11 is 0. The third kappa shape index (κ3) is 2.28. The topological polar surface area (TPSA) is 30.5 Å². The van der Waals surface area contributed by atoms with E-state index in [1.165, 1.54) is 16.7 Å². The summed E-state index contributed by atoms with van der Waals surface area (Å²) < 4.78 is 11.5. The molecule has 0 aromatic heterocycles. The van der Waals surface area contributed by atoms with Crippen molar-refractivity contribution in [3.05, 3.63) is 34.9 Å². The molecule has 2 aliphatic heterocycles. The van der Waals surface area contributed by atoms with E-state index in [4.69, 9.17) is 9.47 Å². The predicted octanol–water partition coefficient (Wildman–Crippen LogP) is 3.04. The first-order valence-corrected chi connectivity index (χ1v) is 7.64. The summed E-state index contributed by atoms with van der Waals surface area (Å²) in [7, 11) is 2.05. The lowest BCUT2D eigenvalue weighted by atomic mass is 9.80. The first-order chi connectivity index (χ1) is 9.61. The van der Waals surface area contributed by atoms with Gasteiger partial charge < -0.3 is 14.8 Å². The standard InChI is InChI=1S/C17H25NO2/c1-10-11(2)20-12(3)16(10)17(18-4)13-5-6-14-8-19-9-15(14)7-13/h5-7,10-12,16-18H,8-9H2,1-4H3. The van der Waals surface area contributed by atoms with E-state index in [0.717, 1.165) is 13.2 Å². The van der Waals surface area contributed by atoms with Gasteiger partial charge in [-0.1, -0.05) is 25.1 Å². The Morgan fingerprint density at radius 2 is 1.85 bits per heavy atom. The molecule has 110 valence electrons. The predicted molar refractivity (Wildman–Crippen MR) is 79.4 cm³/mol. The van der Waals surface area contributed by atoms with Crippen molar-refractivity contribution in [2.75, 3.05) is 7.05 Å². The molecule has 3 rings (SSSR count). The SMILES string of the molecule is CNC(c1ccc2c(c1)COC2)C1C(C)OC(C)C1C. The molecule has 0 amide bonds. The first kappa shape index (κ1) is 14.1. The Labute approximate surface area is 121 Å². The summed E-state index contributed by atoms with van der Waals surface area (Å²) in [4.78, 5) is 0. The summed E-state index contributed by atoms with van der Waals surface area (Å²) in [6.07, 6.45) is 0.630. The van der Waals surface area contributed by atoms with Gasteiger partial charge in [0.15, 0.2) is 0 Å². The Balaban J connectivity index is 1.90. The Morgan fingerprint density at radius 1 is 1.10 bits per heavy atom. The highest BCUT2D eigenvalue weighted by molar-refractivity contribution is 5.35. The number of nitrogens with one attached hydrogen (secondary N) is 1. The van der Waals surface area contributed by atoms with Gasteiger partial charge in [-0.2, -0.15) is 0 Å². The zero-order chi connectivity index (χ0) is 14.3. The highest BCUT2D eigenvalue weighted by atomic mass is 16.5. The van der Waals surface area contributed by atoms with Crippen molar-refractivity contribution in [1.29, 1.82) is 0 Å². The van der Waals surface area contributed by atoms with E-state index in [1.54, 1.807) is 0 Å². The second-order valence-electron chi connectivity index (χ2n) is 6.27. The van der Waals surface area contributed by atoms with Crippen molar-refractivity contribution in [1.82, 2.24) is 5.32 Å². The van der Waals surface area contributed by atoms with Gasteiger partial charge in [0.2, 0.25) is 0 Å². The largest absolute Gasteiger partial charge is 0.375 e. The fraction of sp³-hybridized carbons (Fsp3) is 0.647.